The molecule has 4 rings (SSSR count). The number of carbonyl (C=O) groups excluding carboxylic acids is 2. The Morgan fingerprint density at radius 1 is 1.07 bits per heavy atom. The Morgan fingerprint density at radius 3 is 2.41 bits per heavy atom. The highest BCUT2D eigenvalue weighted by atomic mass is 16.5. The Bertz CT molecular complexity index is 842. The van der Waals surface area contributed by atoms with Crippen molar-refractivity contribution in [3.8, 4) is 0 Å². The number of piperazine rings is 1. The number of nitrogens with one attached hydrogen (secondary N) is 1. The molecule has 1 N–H and O–H groups in total. The van der Waals surface area contributed by atoms with E-state index in [0.717, 1.165) is 30.3 Å². The number of ether oxygens (including phenoxy) is 1. The van der Waals surface area contributed by atoms with E-state index in [2.05, 4.69) is 4.98 Å². The van der Waals surface area contributed by atoms with Gasteiger partial charge in [-0.05, 0) is 25.7 Å². The van der Waals surface area contributed by atoms with Crippen LogP contribution >= 0.6 is 0 Å². The van der Waals surface area contributed by atoms with Gasteiger partial charge in [-0.3, -0.25) is 19.0 Å². The quantitative estimate of drug-likeness (QED) is 0.756. The molecule has 1 atom stereocenters. The molecule has 9 nitrogen and oxygen atoms in total. The van der Waals surface area contributed by atoms with E-state index in [-0.39, 0.29) is 30.0 Å². The second-order valence-corrected chi connectivity index (χ2v) is 7.45. The highest BCUT2D eigenvalue weighted by Crippen LogP contribution is 2.31. The lowest BCUT2D eigenvalue weighted by Crippen LogP contribution is -2.52. The highest BCUT2D eigenvalue weighted by Gasteiger charge is 2.35. The summed E-state index contributed by atoms with van der Waals surface area (Å²) in [5.74, 6) is -0.0719. The maximum atomic E-state index is 12.8. The minimum absolute atomic E-state index is 0.0467. The largest absolute Gasteiger partial charge is 0.376 e. The molecule has 0 aromatic carbocycles. The lowest BCUT2D eigenvalue weighted by molar-refractivity contribution is -0.134. The maximum Gasteiger partial charge on any atom is 0.328 e. The topological polar surface area (TPSA) is 105 Å². The summed E-state index contributed by atoms with van der Waals surface area (Å²) in [6.45, 7) is 2.52. The molecule has 3 fully saturated rings. The number of aromatic nitrogens is 2. The number of amides is 2. The summed E-state index contributed by atoms with van der Waals surface area (Å²) >= 11 is 0. The summed E-state index contributed by atoms with van der Waals surface area (Å²) in [4.78, 5) is 55.5. The van der Waals surface area contributed by atoms with Crippen molar-refractivity contribution < 1.29 is 14.3 Å². The molecule has 1 unspecified atom stereocenters. The number of carbonyl (C=O) groups is 2. The number of rotatable bonds is 4. The van der Waals surface area contributed by atoms with E-state index in [4.69, 9.17) is 4.74 Å². The average Bonchev–Trinajstić information content (AvgIpc) is 3.41. The number of nitrogens with zero attached hydrogens (tertiary/aromatic N) is 3. The van der Waals surface area contributed by atoms with E-state index in [1.165, 1.54) is 6.20 Å². The summed E-state index contributed by atoms with van der Waals surface area (Å²) in [6.07, 6.45) is 4.63. The summed E-state index contributed by atoms with van der Waals surface area (Å²) in [6, 6.07) is 0. The summed E-state index contributed by atoms with van der Waals surface area (Å²) in [5.41, 5.74) is -1.17. The maximum absolute atomic E-state index is 12.8. The molecule has 0 bridgehead atoms. The van der Waals surface area contributed by atoms with E-state index in [0.29, 0.717) is 32.8 Å². The van der Waals surface area contributed by atoms with Crippen molar-refractivity contribution in [3.05, 3.63) is 32.6 Å². The van der Waals surface area contributed by atoms with Crippen LogP contribution in [0.2, 0.25) is 0 Å². The Labute approximate surface area is 155 Å². The van der Waals surface area contributed by atoms with Crippen LogP contribution in [0.5, 0.6) is 0 Å². The van der Waals surface area contributed by atoms with Crippen LogP contribution in [0.1, 0.15) is 36.0 Å². The predicted octanol–water partition coefficient (Wildman–Crippen LogP) is -0.590. The van der Waals surface area contributed by atoms with E-state index in [1.807, 2.05) is 0 Å². The van der Waals surface area contributed by atoms with Crippen molar-refractivity contribution in [1.82, 2.24) is 19.4 Å². The lowest BCUT2D eigenvalue weighted by atomic mass is 10.2. The van der Waals surface area contributed by atoms with Gasteiger partial charge in [0, 0.05) is 44.9 Å². The van der Waals surface area contributed by atoms with Gasteiger partial charge in [0.15, 0.2) is 0 Å². The molecule has 0 radical (unpaired) electrons. The van der Waals surface area contributed by atoms with Gasteiger partial charge in [0.05, 0.1) is 12.6 Å². The van der Waals surface area contributed by atoms with Gasteiger partial charge in [0.2, 0.25) is 5.91 Å². The van der Waals surface area contributed by atoms with Gasteiger partial charge in [-0.15, -0.1) is 0 Å². The summed E-state index contributed by atoms with van der Waals surface area (Å²) in [7, 11) is 0. The molecular weight excluding hydrogens is 352 g/mol. The van der Waals surface area contributed by atoms with Gasteiger partial charge in [-0.1, -0.05) is 0 Å². The van der Waals surface area contributed by atoms with Crippen molar-refractivity contribution in [2.24, 2.45) is 5.92 Å². The summed E-state index contributed by atoms with van der Waals surface area (Å²) in [5, 5.41) is 0. The second kappa shape index (κ2) is 7.30. The van der Waals surface area contributed by atoms with Crippen LogP contribution in [0.15, 0.2) is 15.8 Å². The van der Waals surface area contributed by atoms with Crippen LogP contribution in [-0.4, -0.2) is 70.1 Å². The third-order valence-electron chi connectivity index (χ3n) is 5.51. The molecule has 2 aliphatic heterocycles. The molecule has 2 amide bonds. The molecule has 1 aromatic rings. The number of hydrogen-bond acceptors (Lipinski definition) is 5. The molecule has 1 aliphatic carbocycles. The second-order valence-electron chi connectivity index (χ2n) is 7.45. The third-order valence-corrected chi connectivity index (χ3v) is 5.51. The number of H-pyrrole nitrogens is 1. The number of aromatic amines is 1. The SMILES string of the molecule is O=C(c1c[nH]c(=O)n(CC2CCCO2)c1=O)N1CCN(C(=O)C2CC2)CC1. The fourth-order valence-corrected chi connectivity index (χ4v) is 3.71. The van der Waals surface area contributed by atoms with Crippen LogP contribution in [-0.2, 0) is 16.1 Å². The Balaban J connectivity index is 1.46. The summed E-state index contributed by atoms with van der Waals surface area (Å²) < 4.78 is 6.55. The first-order valence-electron chi connectivity index (χ1n) is 9.57. The molecule has 146 valence electrons. The number of hydrogen-bond donors (Lipinski definition) is 1. The molecule has 3 heterocycles. The van der Waals surface area contributed by atoms with E-state index in [9.17, 15) is 19.2 Å². The monoisotopic (exact) mass is 376 g/mol. The minimum Gasteiger partial charge on any atom is -0.376 e. The Hall–Kier alpha value is -2.42. The lowest BCUT2D eigenvalue weighted by Gasteiger charge is -2.34. The van der Waals surface area contributed by atoms with Gasteiger partial charge in [-0.25, -0.2) is 4.79 Å². The van der Waals surface area contributed by atoms with Gasteiger partial charge in [-0.2, -0.15) is 0 Å². The first-order valence-corrected chi connectivity index (χ1v) is 9.57. The molecule has 9 heteroatoms. The predicted molar refractivity (Wildman–Crippen MR) is 95.5 cm³/mol. The highest BCUT2D eigenvalue weighted by molar-refractivity contribution is 5.93. The van der Waals surface area contributed by atoms with Crippen LogP contribution in [0.4, 0.5) is 0 Å². The average molecular weight is 376 g/mol. The fourth-order valence-electron chi connectivity index (χ4n) is 3.71. The standard InChI is InChI=1S/C18H24N4O5/c23-15(12-3-4-12)20-5-7-21(8-6-20)16(24)14-10-19-18(26)22(17(14)25)11-13-2-1-9-27-13/h10,12-13H,1-9,11H2,(H,19,26). The van der Waals surface area contributed by atoms with Gasteiger partial charge >= 0.3 is 5.69 Å². The van der Waals surface area contributed by atoms with Gasteiger partial charge < -0.3 is 19.5 Å². The molecule has 1 aromatic heterocycles. The minimum atomic E-state index is -0.587. The molecule has 2 saturated heterocycles. The normalized spacial score (nSPS) is 22.9. The molecule has 27 heavy (non-hydrogen) atoms. The van der Waals surface area contributed by atoms with E-state index >= 15 is 0 Å². The zero-order valence-electron chi connectivity index (χ0n) is 15.2. The van der Waals surface area contributed by atoms with Crippen molar-refractivity contribution in [1.29, 1.82) is 0 Å². The first kappa shape index (κ1) is 18.0. The molecule has 3 aliphatic rings. The Morgan fingerprint density at radius 2 is 1.78 bits per heavy atom. The van der Waals surface area contributed by atoms with Crippen LogP contribution in [0, 0.1) is 5.92 Å². The van der Waals surface area contributed by atoms with E-state index < -0.39 is 17.2 Å². The molecule has 1 saturated carbocycles. The van der Waals surface area contributed by atoms with Gasteiger partial charge in [0.25, 0.3) is 11.5 Å². The van der Waals surface area contributed by atoms with Crippen molar-refractivity contribution in [3.63, 3.8) is 0 Å². The van der Waals surface area contributed by atoms with Crippen LogP contribution < -0.4 is 11.2 Å². The van der Waals surface area contributed by atoms with E-state index in [1.54, 1.807) is 9.80 Å². The van der Waals surface area contributed by atoms with Crippen LogP contribution in [0.3, 0.4) is 0 Å². The van der Waals surface area contributed by atoms with Gasteiger partial charge in [0.1, 0.15) is 5.56 Å². The first-order chi connectivity index (χ1) is 13.0. The smallest absolute Gasteiger partial charge is 0.328 e. The Kier molecular flexibility index (Phi) is 4.86. The fraction of sp³-hybridized carbons (Fsp3) is 0.667. The van der Waals surface area contributed by atoms with Crippen molar-refractivity contribution in [2.75, 3.05) is 32.8 Å². The van der Waals surface area contributed by atoms with Crippen molar-refractivity contribution >= 4 is 11.8 Å². The van der Waals surface area contributed by atoms with Crippen molar-refractivity contribution in [2.45, 2.75) is 38.3 Å². The third kappa shape index (κ3) is 3.69. The molecular formula is C18H24N4O5. The zero-order valence-corrected chi connectivity index (χ0v) is 15.2. The van der Waals surface area contributed by atoms with Crippen LogP contribution in [0.25, 0.3) is 0 Å². The zero-order chi connectivity index (χ0) is 19.0. The molecule has 0 spiro atoms.